The Kier molecular flexibility index (Phi) is 4.56. The van der Waals surface area contributed by atoms with Gasteiger partial charge < -0.3 is 10.2 Å². The first-order valence-corrected chi connectivity index (χ1v) is 8.13. The molecule has 0 bridgehead atoms. The van der Waals surface area contributed by atoms with Gasteiger partial charge in [-0.25, -0.2) is 4.98 Å². The number of benzene rings is 1. The largest absolute Gasteiger partial charge is 0.351 e. The Bertz CT molecular complexity index is 606. The summed E-state index contributed by atoms with van der Waals surface area (Å²) >= 11 is 0. The lowest BCUT2D eigenvalue weighted by Gasteiger charge is -2.24. The van der Waals surface area contributed by atoms with Crippen molar-refractivity contribution >= 4 is 17.5 Å². The second-order valence-electron chi connectivity index (χ2n) is 6.06. The molecule has 4 heteroatoms. The quantitative estimate of drug-likeness (QED) is 0.913. The fourth-order valence-corrected chi connectivity index (χ4v) is 3.00. The van der Waals surface area contributed by atoms with E-state index < -0.39 is 0 Å². The van der Waals surface area contributed by atoms with E-state index in [1.165, 1.54) is 32.1 Å². The summed E-state index contributed by atoms with van der Waals surface area (Å²) in [5, 5.41) is 3.52. The molecule has 2 aromatic rings. The molecule has 1 aliphatic carbocycles. The summed E-state index contributed by atoms with van der Waals surface area (Å²) in [6, 6.07) is 12.8. The minimum absolute atomic E-state index is 0.519. The molecule has 0 aliphatic heterocycles. The average Bonchev–Trinajstić information content (AvgIpc) is 2.55. The van der Waals surface area contributed by atoms with Crippen LogP contribution < -0.4 is 10.2 Å². The van der Waals surface area contributed by atoms with Crippen LogP contribution in [0.5, 0.6) is 0 Å². The van der Waals surface area contributed by atoms with E-state index in [9.17, 15) is 0 Å². The van der Waals surface area contributed by atoms with Crippen LogP contribution in [0.1, 0.15) is 37.8 Å². The lowest BCUT2D eigenvalue weighted by Crippen LogP contribution is -2.24. The zero-order chi connectivity index (χ0) is 15.4. The van der Waals surface area contributed by atoms with E-state index in [-0.39, 0.29) is 0 Å². The van der Waals surface area contributed by atoms with E-state index in [0.29, 0.717) is 6.04 Å². The predicted molar refractivity (Wildman–Crippen MR) is 91.8 cm³/mol. The van der Waals surface area contributed by atoms with Crippen molar-refractivity contribution in [3.05, 3.63) is 42.1 Å². The van der Waals surface area contributed by atoms with Crippen LogP contribution in [-0.4, -0.2) is 23.1 Å². The number of para-hydroxylation sites is 1. The first-order chi connectivity index (χ1) is 10.7. The molecule has 1 N–H and O–H groups in total. The zero-order valence-electron chi connectivity index (χ0n) is 13.4. The SMILES string of the molecule is Cc1cc(N(C)c2ccccc2)nc(NC2CCCCC2)n1. The van der Waals surface area contributed by atoms with Crippen LogP contribution >= 0.6 is 0 Å². The molecule has 3 rings (SSSR count). The molecule has 116 valence electrons. The topological polar surface area (TPSA) is 41.1 Å². The molecule has 1 aromatic carbocycles. The summed E-state index contributed by atoms with van der Waals surface area (Å²) in [6.45, 7) is 2.02. The minimum atomic E-state index is 0.519. The molecule has 4 nitrogen and oxygen atoms in total. The lowest BCUT2D eigenvalue weighted by atomic mass is 9.96. The van der Waals surface area contributed by atoms with E-state index in [0.717, 1.165) is 23.1 Å². The summed E-state index contributed by atoms with van der Waals surface area (Å²) in [4.78, 5) is 11.4. The third-order valence-electron chi connectivity index (χ3n) is 4.27. The summed E-state index contributed by atoms with van der Waals surface area (Å²) in [7, 11) is 2.04. The van der Waals surface area contributed by atoms with E-state index in [1.807, 2.05) is 38.2 Å². The van der Waals surface area contributed by atoms with Crippen molar-refractivity contribution in [1.82, 2.24) is 9.97 Å². The van der Waals surface area contributed by atoms with E-state index in [4.69, 9.17) is 4.98 Å². The molecular formula is C18H24N4. The Morgan fingerprint density at radius 3 is 2.50 bits per heavy atom. The van der Waals surface area contributed by atoms with Crippen molar-refractivity contribution < 1.29 is 0 Å². The lowest BCUT2D eigenvalue weighted by molar-refractivity contribution is 0.461. The van der Waals surface area contributed by atoms with Gasteiger partial charge in [-0.3, -0.25) is 0 Å². The van der Waals surface area contributed by atoms with Gasteiger partial charge in [0.1, 0.15) is 5.82 Å². The third kappa shape index (κ3) is 3.56. The van der Waals surface area contributed by atoms with Crippen molar-refractivity contribution in [1.29, 1.82) is 0 Å². The Balaban J connectivity index is 1.80. The number of aromatic nitrogens is 2. The van der Waals surface area contributed by atoms with Gasteiger partial charge in [0.25, 0.3) is 0 Å². The van der Waals surface area contributed by atoms with Crippen LogP contribution in [0.3, 0.4) is 0 Å². The Labute approximate surface area is 132 Å². The molecule has 0 amide bonds. The highest BCUT2D eigenvalue weighted by Crippen LogP contribution is 2.24. The average molecular weight is 296 g/mol. The zero-order valence-corrected chi connectivity index (χ0v) is 13.4. The molecule has 22 heavy (non-hydrogen) atoms. The number of aryl methyl sites for hydroxylation is 1. The van der Waals surface area contributed by atoms with Gasteiger partial charge in [-0.05, 0) is 31.9 Å². The van der Waals surface area contributed by atoms with Crippen LogP contribution in [0.4, 0.5) is 17.5 Å². The van der Waals surface area contributed by atoms with Crippen molar-refractivity contribution in [2.75, 3.05) is 17.3 Å². The van der Waals surface area contributed by atoms with Gasteiger partial charge >= 0.3 is 0 Å². The molecule has 1 aliphatic rings. The molecule has 1 saturated carbocycles. The van der Waals surface area contributed by atoms with Crippen molar-refractivity contribution in [3.63, 3.8) is 0 Å². The number of anilines is 3. The number of rotatable bonds is 4. The Hall–Kier alpha value is -2.10. The van der Waals surface area contributed by atoms with Gasteiger partial charge in [0.2, 0.25) is 5.95 Å². The molecule has 0 atom stereocenters. The van der Waals surface area contributed by atoms with Crippen LogP contribution in [0.2, 0.25) is 0 Å². The summed E-state index contributed by atoms with van der Waals surface area (Å²) in [5.41, 5.74) is 2.12. The first kappa shape index (κ1) is 14.8. The van der Waals surface area contributed by atoms with Crippen molar-refractivity contribution in [3.8, 4) is 0 Å². The molecule has 1 heterocycles. The van der Waals surface area contributed by atoms with Gasteiger partial charge in [-0.1, -0.05) is 37.5 Å². The molecule has 0 radical (unpaired) electrons. The highest BCUT2D eigenvalue weighted by atomic mass is 15.2. The third-order valence-corrected chi connectivity index (χ3v) is 4.27. The van der Waals surface area contributed by atoms with Crippen molar-refractivity contribution in [2.45, 2.75) is 45.1 Å². The summed E-state index contributed by atoms with van der Waals surface area (Å²) < 4.78 is 0. The van der Waals surface area contributed by atoms with Gasteiger partial charge in [0.05, 0.1) is 0 Å². The van der Waals surface area contributed by atoms with Crippen LogP contribution in [0.15, 0.2) is 36.4 Å². The Morgan fingerprint density at radius 1 is 1.05 bits per heavy atom. The van der Waals surface area contributed by atoms with E-state index >= 15 is 0 Å². The van der Waals surface area contributed by atoms with Gasteiger partial charge in [0, 0.05) is 30.5 Å². The second kappa shape index (κ2) is 6.77. The number of hydrogen-bond acceptors (Lipinski definition) is 4. The maximum atomic E-state index is 4.71. The fourth-order valence-electron chi connectivity index (χ4n) is 3.00. The molecule has 0 spiro atoms. The standard InChI is InChI=1S/C18H24N4/c1-14-13-17(22(2)16-11-7-4-8-12-16)21-18(19-14)20-15-9-5-3-6-10-15/h4,7-8,11-13,15H,3,5-6,9-10H2,1-2H3,(H,19,20,21). The van der Waals surface area contributed by atoms with Gasteiger partial charge in [0.15, 0.2) is 0 Å². The van der Waals surface area contributed by atoms with Crippen LogP contribution in [0.25, 0.3) is 0 Å². The maximum absolute atomic E-state index is 4.71. The number of nitrogens with zero attached hydrogens (tertiary/aromatic N) is 3. The minimum Gasteiger partial charge on any atom is -0.351 e. The normalized spacial score (nSPS) is 15.5. The predicted octanol–water partition coefficient (Wildman–Crippen LogP) is 4.30. The van der Waals surface area contributed by atoms with E-state index in [1.54, 1.807) is 0 Å². The molecule has 1 aromatic heterocycles. The Morgan fingerprint density at radius 2 is 1.77 bits per heavy atom. The van der Waals surface area contributed by atoms with E-state index in [2.05, 4.69) is 27.3 Å². The highest BCUT2D eigenvalue weighted by Gasteiger charge is 2.15. The smallest absolute Gasteiger partial charge is 0.225 e. The first-order valence-electron chi connectivity index (χ1n) is 8.13. The van der Waals surface area contributed by atoms with Crippen LogP contribution in [0, 0.1) is 6.92 Å². The second-order valence-corrected chi connectivity index (χ2v) is 6.06. The molecule has 0 saturated heterocycles. The summed E-state index contributed by atoms with van der Waals surface area (Å²) in [5.74, 6) is 1.68. The monoisotopic (exact) mass is 296 g/mol. The molecular weight excluding hydrogens is 272 g/mol. The highest BCUT2D eigenvalue weighted by molar-refractivity contribution is 5.60. The van der Waals surface area contributed by atoms with Crippen LogP contribution in [-0.2, 0) is 0 Å². The molecule has 1 fully saturated rings. The van der Waals surface area contributed by atoms with Gasteiger partial charge in [-0.15, -0.1) is 0 Å². The van der Waals surface area contributed by atoms with Gasteiger partial charge in [-0.2, -0.15) is 4.98 Å². The number of nitrogens with one attached hydrogen (secondary N) is 1. The summed E-state index contributed by atoms with van der Waals surface area (Å²) in [6.07, 6.45) is 6.41. The fraction of sp³-hybridized carbons (Fsp3) is 0.444. The van der Waals surface area contributed by atoms with Crippen molar-refractivity contribution in [2.24, 2.45) is 0 Å². The molecule has 0 unspecified atom stereocenters. The maximum Gasteiger partial charge on any atom is 0.225 e. The number of hydrogen-bond donors (Lipinski definition) is 1.